The van der Waals surface area contributed by atoms with E-state index < -0.39 is 5.41 Å². The van der Waals surface area contributed by atoms with Gasteiger partial charge in [-0.1, -0.05) is 62.4 Å². The molecule has 0 fully saturated rings. The minimum atomic E-state index is -1.22. The van der Waals surface area contributed by atoms with Gasteiger partial charge >= 0.3 is 0 Å². The lowest BCUT2D eigenvalue weighted by Crippen LogP contribution is -2.47. The van der Waals surface area contributed by atoms with Crippen LogP contribution in [0.25, 0.3) is 11.3 Å². The summed E-state index contributed by atoms with van der Waals surface area (Å²) in [6, 6.07) is 17.5. The molecule has 3 N–H and O–H groups in total. The summed E-state index contributed by atoms with van der Waals surface area (Å²) in [6.45, 7) is 4.17. The topological polar surface area (TPSA) is 86.9 Å². The standard InChI is InChI=1S/C25H22N4O2/c1-24(2)12-17-19(18(30)13-24)25(15-10-6-7-11-16(15)27-23(25)31)20-21(28-29-22(20)26-17)14-8-4-3-5-9-14/h3-11H,12-13H2,1-2H3,(H,27,31)(H2,26,28,29)/t25-/m1/s1. The second-order valence-corrected chi connectivity index (χ2v) is 9.36. The number of Topliss-reactive ketones (excluding diaryl/α,β-unsaturated/α-hetero) is 1. The summed E-state index contributed by atoms with van der Waals surface area (Å²) in [4.78, 5) is 27.5. The highest BCUT2D eigenvalue weighted by molar-refractivity contribution is 6.20. The number of para-hydroxylation sites is 1. The maximum Gasteiger partial charge on any atom is 0.244 e. The number of hydrogen-bond donors (Lipinski definition) is 3. The highest BCUT2D eigenvalue weighted by Gasteiger charge is 2.60. The predicted molar refractivity (Wildman–Crippen MR) is 119 cm³/mol. The lowest BCUT2D eigenvalue weighted by atomic mass is 9.61. The minimum absolute atomic E-state index is 0.0106. The zero-order chi connectivity index (χ0) is 21.4. The molecule has 1 aliphatic carbocycles. The number of H-pyrrole nitrogens is 1. The van der Waals surface area contributed by atoms with Crippen molar-refractivity contribution in [3.63, 3.8) is 0 Å². The van der Waals surface area contributed by atoms with E-state index in [9.17, 15) is 9.59 Å². The third kappa shape index (κ3) is 2.30. The molecule has 3 heterocycles. The van der Waals surface area contributed by atoms with Crippen molar-refractivity contribution in [2.24, 2.45) is 5.41 Å². The average molecular weight is 410 g/mol. The van der Waals surface area contributed by atoms with Gasteiger partial charge in [0.15, 0.2) is 11.6 Å². The number of anilines is 2. The molecule has 0 saturated heterocycles. The predicted octanol–water partition coefficient (Wildman–Crippen LogP) is 4.38. The number of fused-ring (bicyclic) bond motifs is 5. The largest absolute Gasteiger partial charge is 0.342 e. The Morgan fingerprint density at radius 3 is 2.45 bits per heavy atom. The van der Waals surface area contributed by atoms with E-state index in [1.165, 1.54) is 0 Å². The Hall–Kier alpha value is -3.67. The van der Waals surface area contributed by atoms with Gasteiger partial charge in [-0.25, -0.2) is 0 Å². The van der Waals surface area contributed by atoms with Gasteiger partial charge in [0.2, 0.25) is 5.91 Å². The molecule has 1 spiro atoms. The summed E-state index contributed by atoms with van der Waals surface area (Å²) in [5, 5.41) is 14.2. The lowest BCUT2D eigenvalue weighted by molar-refractivity contribution is -0.123. The van der Waals surface area contributed by atoms with Gasteiger partial charge in [0.05, 0.1) is 5.69 Å². The van der Waals surface area contributed by atoms with Crippen LogP contribution in [0.4, 0.5) is 11.5 Å². The van der Waals surface area contributed by atoms with E-state index in [-0.39, 0.29) is 17.1 Å². The highest BCUT2D eigenvalue weighted by Crippen LogP contribution is 2.58. The quantitative estimate of drug-likeness (QED) is 0.556. The number of amides is 1. The third-order valence-corrected chi connectivity index (χ3v) is 6.64. The lowest BCUT2D eigenvalue weighted by Gasteiger charge is -2.42. The molecular weight excluding hydrogens is 388 g/mol. The SMILES string of the molecule is CC1(C)CC(=O)C2=C(C1)Nc1n[nH]c(-c3ccccc3)c1[C@]21C(=O)Nc2ccccc21. The van der Waals surface area contributed by atoms with Crippen LogP contribution in [0.5, 0.6) is 0 Å². The van der Waals surface area contributed by atoms with Gasteiger partial charge < -0.3 is 10.6 Å². The first-order valence-electron chi connectivity index (χ1n) is 10.5. The Kier molecular flexibility index (Phi) is 3.47. The third-order valence-electron chi connectivity index (χ3n) is 6.64. The van der Waals surface area contributed by atoms with Crippen LogP contribution in [0.3, 0.4) is 0 Å². The molecule has 31 heavy (non-hydrogen) atoms. The Bertz CT molecular complexity index is 1300. The van der Waals surface area contributed by atoms with E-state index in [1.807, 2.05) is 54.6 Å². The molecule has 6 heteroatoms. The Morgan fingerprint density at radius 1 is 0.903 bits per heavy atom. The second kappa shape index (κ2) is 5.94. The fourth-order valence-electron chi connectivity index (χ4n) is 5.50. The van der Waals surface area contributed by atoms with Crippen LogP contribution >= 0.6 is 0 Å². The van der Waals surface area contributed by atoms with Crippen LogP contribution in [-0.4, -0.2) is 21.9 Å². The van der Waals surface area contributed by atoms with E-state index >= 15 is 0 Å². The molecule has 2 aromatic carbocycles. The summed E-state index contributed by atoms with van der Waals surface area (Å²) < 4.78 is 0. The zero-order valence-corrected chi connectivity index (χ0v) is 17.4. The molecule has 1 atom stereocenters. The number of rotatable bonds is 1. The molecule has 3 aromatic rings. The number of allylic oxidation sites excluding steroid dienone is 1. The van der Waals surface area contributed by atoms with Crippen molar-refractivity contribution in [2.75, 3.05) is 10.6 Å². The number of aromatic amines is 1. The van der Waals surface area contributed by atoms with E-state index in [2.05, 4.69) is 34.7 Å². The maximum atomic E-state index is 13.8. The summed E-state index contributed by atoms with van der Waals surface area (Å²) in [5.74, 6) is 0.419. The van der Waals surface area contributed by atoms with Crippen molar-refractivity contribution in [1.29, 1.82) is 0 Å². The van der Waals surface area contributed by atoms with Gasteiger partial charge in [-0.05, 0) is 23.5 Å². The van der Waals surface area contributed by atoms with Gasteiger partial charge in [0, 0.05) is 34.5 Å². The van der Waals surface area contributed by atoms with Gasteiger partial charge in [-0.3, -0.25) is 14.7 Å². The zero-order valence-electron chi connectivity index (χ0n) is 17.4. The number of aromatic nitrogens is 2. The molecular formula is C25H22N4O2. The molecule has 1 amide bonds. The Balaban J connectivity index is 1.73. The first kappa shape index (κ1) is 18.1. The normalized spacial score (nSPS) is 23.2. The number of ketones is 1. The van der Waals surface area contributed by atoms with Crippen molar-refractivity contribution in [3.8, 4) is 11.3 Å². The monoisotopic (exact) mass is 410 g/mol. The molecule has 1 aromatic heterocycles. The maximum absolute atomic E-state index is 13.8. The molecule has 2 aliphatic heterocycles. The van der Waals surface area contributed by atoms with Crippen molar-refractivity contribution < 1.29 is 9.59 Å². The fourth-order valence-corrected chi connectivity index (χ4v) is 5.50. The van der Waals surface area contributed by atoms with E-state index in [4.69, 9.17) is 0 Å². The Morgan fingerprint density at radius 2 is 1.65 bits per heavy atom. The second-order valence-electron chi connectivity index (χ2n) is 9.36. The fraction of sp³-hybridized carbons (Fsp3) is 0.240. The van der Waals surface area contributed by atoms with E-state index in [1.54, 1.807) is 0 Å². The van der Waals surface area contributed by atoms with Crippen molar-refractivity contribution in [1.82, 2.24) is 10.2 Å². The minimum Gasteiger partial charge on any atom is -0.342 e. The van der Waals surface area contributed by atoms with Crippen LogP contribution in [0.1, 0.15) is 37.8 Å². The molecule has 6 rings (SSSR count). The molecule has 6 nitrogen and oxygen atoms in total. The highest BCUT2D eigenvalue weighted by atomic mass is 16.2. The molecule has 0 unspecified atom stereocenters. The summed E-state index contributed by atoms with van der Waals surface area (Å²) in [6.07, 6.45) is 1.08. The van der Waals surface area contributed by atoms with Crippen LogP contribution in [0, 0.1) is 5.41 Å². The molecule has 0 radical (unpaired) electrons. The number of carbonyl (C=O) groups excluding carboxylic acids is 2. The van der Waals surface area contributed by atoms with Crippen LogP contribution in [0.15, 0.2) is 65.9 Å². The van der Waals surface area contributed by atoms with Crippen molar-refractivity contribution in [3.05, 3.63) is 77.0 Å². The van der Waals surface area contributed by atoms with Gasteiger partial charge in [-0.15, -0.1) is 0 Å². The first-order chi connectivity index (χ1) is 14.9. The first-order valence-corrected chi connectivity index (χ1v) is 10.5. The molecule has 0 saturated carbocycles. The number of nitrogens with one attached hydrogen (secondary N) is 3. The van der Waals surface area contributed by atoms with Crippen molar-refractivity contribution >= 4 is 23.2 Å². The number of hydrogen-bond acceptors (Lipinski definition) is 4. The summed E-state index contributed by atoms with van der Waals surface area (Å²) >= 11 is 0. The summed E-state index contributed by atoms with van der Waals surface area (Å²) in [5.41, 5.74) is 3.88. The molecule has 3 aliphatic rings. The van der Waals surface area contributed by atoms with Gasteiger partial charge in [0.25, 0.3) is 0 Å². The van der Waals surface area contributed by atoms with E-state index in [0.29, 0.717) is 29.8 Å². The smallest absolute Gasteiger partial charge is 0.244 e. The average Bonchev–Trinajstić information content (AvgIpc) is 3.27. The van der Waals surface area contributed by atoms with Crippen LogP contribution in [-0.2, 0) is 15.0 Å². The number of nitrogens with zero attached hydrogens (tertiary/aromatic N) is 1. The van der Waals surface area contributed by atoms with Gasteiger partial charge in [-0.2, -0.15) is 5.10 Å². The number of benzene rings is 2. The molecule has 0 bridgehead atoms. The Labute approximate surface area is 179 Å². The van der Waals surface area contributed by atoms with Crippen LogP contribution < -0.4 is 10.6 Å². The number of carbonyl (C=O) groups is 2. The van der Waals surface area contributed by atoms with Crippen molar-refractivity contribution in [2.45, 2.75) is 32.1 Å². The summed E-state index contributed by atoms with van der Waals surface area (Å²) in [7, 11) is 0. The van der Waals surface area contributed by atoms with Crippen LogP contribution in [0.2, 0.25) is 0 Å². The van der Waals surface area contributed by atoms with Gasteiger partial charge in [0.1, 0.15) is 5.41 Å². The van der Waals surface area contributed by atoms with E-state index in [0.717, 1.165) is 28.2 Å². The molecule has 154 valence electrons.